The van der Waals surface area contributed by atoms with Crippen LogP contribution in [0.2, 0.25) is 0 Å². The van der Waals surface area contributed by atoms with Gasteiger partial charge >= 0.3 is 0 Å². The lowest BCUT2D eigenvalue weighted by Gasteiger charge is -2.09. The van der Waals surface area contributed by atoms with E-state index in [-0.39, 0.29) is 0 Å². The molecule has 1 N–H and O–H groups in total. The normalized spacial score (nSPS) is 15.1. The maximum Gasteiger partial charge on any atom is 0.132 e. The lowest BCUT2D eigenvalue weighted by atomic mass is 10.2. The smallest absolute Gasteiger partial charge is 0.132 e. The van der Waals surface area contributed by atoms with Crippen LogP contribution >= 0.6 is 11.8 Å². The number of nitrogens with one attached hydrogen (secondary N) is 1. The Hall–Kier alpha value is -0.670. The van der Waals surface area contributed by atoms with Crippen LogP contribution in [0.3, 0.4) is 0 Å². The first-order valence-corrected chi connectivity index (χ1v) is 6.97. The molecule has 3 heteroatoms. The van der Waals surface area contributed by atoms with Crippen molar-refractivity contribution >= 4 is 11.8 Å². The summed E-state index contributed by atoms with van der Waals surface area (Å²) >= 11 is 1.73. The predicted molar refractivity (Wildman–Crippen MR) is 69.2 cm³/mol. The van der Waals surface area contributed by atoms with Gasteiger partial charge in [-0.25, -0.2) is 0 Å². The summed E-state index contributed by atoms with van der Waals surface area (Å²) in [6.45, 7) is 2.13. The molecule has 1 aromatic rings. The van der Waals surface area contributed by atoms with Gasteiger partial charge in [0.05, 0.1) is 7.11 Å². The number of benzene rings is 1. The Morgan fingerprint density at radius 3 is 2.88 bits per heavy atom. The molecule has 0 heterocycles. The summed E-state index contributed by atoms with van der Waals surface area (Å²) in [5, 5.41) is 3.50. The van der Waals surface area contributed by atoms with Gasteiger partial charge in [-0.2, -0.15) is 0 Å². The Bertz CT molecular complexity index is 350. The summed E-state index contributed by atoms with van der Waals surface area (Å²) in [4.78, 5) is 1.22. The minimum absolute atomic E-state index is 0.943. The Kier molecular flexibility index (Phi) is 4.13. The van der Waals surface area contributed by atoms with Crippen molar-refractivity contribution in [3.8, 4) is 5.75 Å². The quantitative estimate of drug-likeness (QED) is 0.769. The Balaban J connectivity index is 1.92. The third kappa shape index (κ3) is 3.16. The monoisotopic (exact) mass is 237 g/mol. The van der Waals surface area contributed by atoms with Crippen LogP contribution in [-0.2, 0) is 6.54 Å². The maximum absolute atomic E-state index is 5.30. The molecule has 1 saturated carbocycles. The van der Waals surface area contributed by atoms with Crippen molar-refractivity contribution in [3.05, 3.63) is 23.8 Å². The van der Waals surface area contributed by atoms with E-state index in [4.69, 9.17) is 4.74 Å². The summed E-state index contributed by atoms with van der Waals surface area (Å²) < 4.78 is 5.30. The molecule has 88 valence electrons. The van der Waals surface area contributed by atoms with Crippen molar-refractivity contribution < 1.29 is 4.74 Å². The summed E-state index contributed by atoms with van der Waals surface area (Å²) in [6, 6.07) is 6.40. The molecule has 1 aromatic carbocycles. The van der Waals surface area contributed by atoms with Gasteiger partial charge in [-0.15, -0.1) is 11.8 Å². The molecule has 0 atom stereocenters. The Morgan fingerprint density at radius 1 is 1.44 bits per heavy atom. The fraction of sp³-hybridized carbons (Fsp3) is 0.538. The van der Waals surface area contributed by atoms with Crippen molar-refractivity contribution in [2.24, 2.45) is 5.92 Å². The molecule has 0 unspecified atom stereocenters. The van der Waals surface area contributed by atoms with Crippen molar-refractivity contribution in [1.82, 2.24) is 5.32 Å². The number of hydrogen-bond acceptors (Lipinski definition) is 3. The number of ether oxygens (including phenoxy) is 1. The molecule has 2 nitrogen and oxygen atoms in total. The van der Waals surface area contributed by atoms with Crippen LogP contribution in [0.25, 0.3) is 0 Å². The fourth-order valence-electron chi connectivity index (χ4n) is 1.73. The van der Waals surface area contributed by atoms with E-state index < -0.39 is 0 Å². The molecule has 2 rings (SSSR count). The third-order valence-electron chi connectivity index (χ3n) is 2.91. The van der Waals surface area contributed by atoms with Crippen molar-refractivity contribution in [1.29, 1.82) is 0 Å². The summed E-state index contributed by atoms with van der Waals surface area (Å²) in [5.41, 5.74) is 1.34. The van der Waals surface area contributed by atoms with Crippen LogP contribution < -0.4 is 10.1 Å². The highest BCUT2D eigenvalue weighted by atomic mass is 32.2. The van der Waals surface area contributed by atoms with Gasteiger partial charge in [-0.3, -0.25) is 0 Å². The van der Waals surface area contributed by atoms with E-state index in [9.17, 15) is 0 Å². The van der Waals surface area contributed by atoms with Crippen LogP contribution in [0.15, 0.2) is 23.1 Å². The number of thioether (sulfide) groups is 1. The molecule has 16 heavy (non-hydrogen) atoms. The third-order valence-corrected chi connectivity index (χ3v) is 3.67. The molecule has 1 aliphatic carbocycles. The first kappa shape index (κ1) is 11.8. The average molecular weight is 237 g/mol. The minimum Gasteiger partial charge on any atom is -0.496 e. The topological polar surface area (TPSA) is 21.3 Å². The maximum atomic E-state index is 5.30. The molecular weight excluding hydrogens is 218 g/mol. The molecule has 0 spiro atoms. The van der Waals surface area contributed by atoms with Crippen molar-refractivity contribution in [2.45, 2.75) is 24.3 Å². The fourth-order valence-corrected chi connectivity index (χ4v) is 2.35. The SMILES string of the molecule is COc1ccc(CNCC2CC2)cc1SC. The van der Waals surface area contributed by atoms with E-state index in [1.54, 1.807) is 18.9 Å². The zero-order valence-corrected chi connectivity index (χ0v) is 10.8. The molecule has 0 aliphatic heterocycles. The van der Waals surface area contributed by atoms with Crippen molar-refractivity contribution in [2.75, 3.05) is 19.9 Å². The lowest BCUT2D eigenvalue weighted by molar-refractivity contribution is 0.404. The summed E-state index contributed by atoms with van der Waals surface area (Å²) in [5.74, 6) is 1.91. The molecule has 1 fully saturated rings. The van der Waals surface area contributed by atoms with E-state index in [0.717, 1.165) is 18.2 Å². The summed E-state index contributed by atoms with van der Waals surface area (Å²) in [6.07, 6.45) is 4.90. The second-order valence-electron chi connectivity index (χ2n) is 4.26. The second-order valence-corrected chi connectivity index (χ2v) is 5.11. The van der Waals surface area contributed by atoms with Crippen LogP contribution in [0.4, 0.5) is 0 Å². The highest BCUT2D eigenvalue weighted by Crippen LogP contribution is 2.29. The standard InChI is InChI=1S/C13H19NOS/c1-15-12-6-5-11(7-13(12)16-2)9-14-8-10-3-4-10/h5-7,10,14H,3-4,8-9H2,1-2H3. The van der Waals surface area contributed by atoms with Crippen LogP contribution in [0.5, 0.6) is 5.75 Å². The molecule has 0 bridgehead atoms. The van der Waals surface area contributed by atoms with Gasteiger partial charge in [-0.05, 0) is 49.3 Å². The van der Waals surface area contributed by atoms with E-state index in [1.807, 2.05) is 0 Å². The van der Waals surface area contributed by atoms with Gasteiger partial charge in [0.25, 0.3) is 0 Å². The molecule has 0 radical (unpaired) electrons. The predicted octanol–water partition coefficient (Wildman–Crippen LogP) is 2.92. The zero-order chi connectivity index (χ0) is 11.4. The molecule has 0 saturated heterocycles. The van der Waals surface area contributed by atoms with E-state index in [2.05, 4.69) is 29.8 Å². The van der Waals surface area contributed by atoms with Gasteiger partial charge in [-0.1, -0.05) is 6.07 Å². The average Bonchev–Trinajstić information content (AvgIpc) is 3.13. The lowest BCUT2D eigenvalue weighted by Crippen LogP contribution is -2.16. The van der Waals surface area contributed by atoms with Crippen LogP contribution in [-0.4, -0.2) is 19.9 Å². The van der Waals surface area contributed by atoms with E-state index in [0.29, 0.717) is 0 Å². The van der Waals surface area contributed by atoms with Crippen LogP contribution in [0.1, 0.15) is 18.4 Å². The van der Waals surface area contributed by atoms with Crippen molar-refractivity contribution in [3.63, 3.8) is 0 Å². The van der Waals surface area contributed by atoms with E-state index >= 15 is 0 Å². The zero-order valence-electron chi connectivity index (χ0n) is 9.95. The Morgan fingerprint density at radius 2 is 2.25 bits per heavy atom. The highest BCUT2D eigenvalue weighted by molar-refractivity contribution is 7.98. The van der Waals surface area contributed by atoms with Gasteiger partial charge in [0.2, 0.25) is 0 Å². The van der Waals surface area contributed by atoms with E-state index in [1.165, 1.54) is 29.8 Å². The van der Waals surface area contributed by atoms with Crippen LogP contribution in [0, 0.1) is 5.92 Å². The van der Waals surface area contributed by atoms with Gasteiger partial charge in [0.1, 0.15) is 5.75 Å². The summed E-state index contributed by atoms with van der Waals surface area (Å²) in [7, 11) is 1.72. The Labute approximate surface area is 102 Å². The molecule has 0 amide bonds. The minimum atomic E-state index is 0.943. The molecule has 0 aromatic heterocycles. The largest absolute Gasteiger partial charge is 0.496 e. The van der Waals surface area contributed by atoms with Gasteiger partial charge in [0, 0.05) is 11.4 Å². The number of methoxy groups -OCH3 is 1. The molecule has 1 aliphatic rings. The van der Waals surface area contributed by atoms with Gasteiger partial charge < -0.3 is 10.1 Å². The number of hydrogen-bond donors (Lipinski definition) is 1. The number of rotatable bonds is 6. The van der Waals surface area contributed by atoms with Gasteiger partial charge in [0.15, 0.2) is 0 Å². The highest BCUT2D eigenvalue weighted by Gasteiger charge is 2.20. The first-order valence-electron chi connectivity index (χ1n) is 5.75. The molecular formula is C13H19NOS. The first-order chi connectivity index (χ1) is 7.83. The second kappa shape index (κ2) is 5.60.